The van der Waals surface area contributed by atoms with Gasteiger partial charge in [-0.15, -0.1) is 0 Å². The lowest BCUT2D eigenvalue weighted by atomic mass is 10.1. The molecule has 5 nitrogen and oxygen atoms in total. The van der Waals surface area contributed by atoms with Gasteiger partial charge in [-0.1, -0.05) is 6.07 Å². The molecule has 0 N–H and O–H groups in total. The van der Waals surface area contributed by atoms with Crippen LogP contribution in [-0.4, -0.2) is 32.6 Å². The van der Waals surface area contributed by atoms with Crippen molar-refractivity contribution >= 4 is 11.8 Å². The van der Waals surface area contributed by atoms with E-state index in [4.69, 9.17) is 14.2 Å². The van der Waals surface area contributed by atoms with Crippen LogP contribution in [0.1, 0.15) is 20.7 Å². The van der Waals surface area contributed by atoms with E-state index in [0.29, 0.717) is 0 Å². The SMILES string of the molecule is COc1cccc(OC)c1C(=O)OCC(=O)c1ccc(F)cc1. The Kier molecular flexibility index (Phi) is 5.30. The van der Waals surface area contributed by atoms with Gasteiger partial charge >= 0.3 is 5.97 Å². The van der Waals surface area contributed by atoms with Crippen LogP contribution in [0.5, 0.6) is 11.5 Å². The van der Waals surface area contributed by atoms with Crippen molar-refractivity contribution in [2.75, 3.05) is 20.8 Å². The summed E-state index contributed by atoms with van der Waals surface area (Å²) in [5, 5.41) is 0. The standard InChI is InChI=1S/C17H15FO5/c1-21-14-4-3-5-15(22-2)16(14)17(20)23-10-13(19)11-6-8-12(18)9-7-11/h3-9H,10H2,1-2H3. The van der Waals surface area contributed by atoms with E-state index in [1.165, 1.54) is 26.4 Å². The van der Waals surface area contributed by atoms with Gasteiger partial charge in [-0.3, -0.25) is 4.79 Å². The Morgan fingerprint density at radius 1 is 0.957 bits per heavy atom. The zero-order valence-electron chi connectivity index (χ0n) is 12.7. The molecular weight excluding hydrogens is 303 g/mol. The van der Waals surface area contributed by atoms with Gasteiger partial charge in [0.15, 0.2) is 12.4 Å². The quantitative estimate of drug-likeness (QED) is 0.605. The second-order valence-electron chi connectivity index (χ2n) is 4.54. The molecule has 0 spiro atoms. The third-order valence-electron chi connectivity index (χ3n) is 3.13. The van der Waals surface area contributed by atoms with Crippen LogP contribution in [0, 0.1) is 5.82 Å². The summed E-state index contributed by atoms with van der Waals surface area (Å²) in [5.74, 6) is -1.06. The molecule has 0 heterocycles. The molecule has 2 rings (SSSR count). The van der Waals surface area contributed by atoms with Crippen LogP contribution in [0.25, 0.3) is 0 Å². The molecule has 0 fully saturated rings. The number of hydrogen-bond acceptors (Lipinski definition) is 5. The second-order valence-corrected chi connectivity index (χ2v) is 4.54. The maximum Gasteiger partial charge on any atom is 0.346 e. The normalized spacial score (nSPS) is 10.0. The van der Waals surface area contributed by atoms with Crippen LogP contribution >= 0.6 is 0 Å². The number of ether oxygens (including phenoxy) is 3. The predicted octanol–water partition coefficient (Wildman–Crippen LogP) is 2.88. The van der Waals surface area contributed by atoms with Crippen LogP contribution < -0.4 is 9.47 Å². The van der Waals surface area contributed by atoms with E-state index in [2.05, 4.69) is 0 Å². The van der Waals surface area contributed by atoms with Crippen molar-refractivity contribution in [1.82, 2.24) is 0 Å². The van der Waals surface area contributed by atoms with Gasteiger partial charge in [0.1, 0.15) is 22.9 Å². The zero-order valence-corrected chi connectivity index (χ0v) is 12.7. The fourth-order valence-electron chi connectivity index (χ4n) is 1.97. The third-order valence-corrected chi connectivity index (χ3v) is 3.13. The molecule has 0 amide bonds. The Labute approximate surface area is 132 Å². The van der Waals surface area contributed by atoms with Gasteiger partial charge in [0.05, 0.1) is 14.2 Å². The molecule has 0 aromatic heterocycles. The van der Waals surface area contributed by atoms with Gasteiger partial charge in [0.2, 0.25) is 0 Å². The topological polar surface area (TPSA) is 61.8 Å². The summed E-state index contributed by atoms with van der Waals surface area (Å²) in [5.41, 5.74) is 0.357. The summed E-state index contributed by atoms with van der Waals surface area (Å²) in [6.07, 6.45) is 0. The molecule has 0 saturated carbocycles. The fraction of sp³-hybridized carbons (Fsp3) is 0.176. The smallest absolute Gasteiger partial charge is 0.346 e. The van der Waals surface area contributed by atoms with Crippen molar-refractivity contribution in [1.29, 1.82) is 0 Å². The molecule has 0 aliphatic carbocycles. The largest absolute Gasteiger partial charge is 0.496 e. The molecule has 120 valence electrons. The first kappa shape index (κ1) is 16.5. The number of rotatable bonds is 6. The number of methoxy groups -OCH3 is 2. The molecule has 0 aliphatic heterocycles. The lowest BCUT2D eigenvalue weighted by molar-refractivity contribution is 0.0468. The van der Waals surface area contributed by atoms with Crippen LogP contribution in [0.3, 0.4) is 0 Å². The third kappa shape index (κ3) is 3.85. The van der Waals surface area contributed by atoms with Gasteiger partial charge in [-0.25, -0.2) is 9.18 Å². The van der Waals surface area contributed by atoms with Crippen molar-refractivity contribution in [3.05, 3.63) is 59.4 Å². The van der Waals surface area contributed by atoms with Crippen molar-refractivity contribution in [2.45, 2.75) is 0 Å². The van der Waals surface area contributed by atoms with Crippen molar-refractivity contribution in [3.63, 3.8) is 0 Å². The molecule has 6 heteroatoms. The van der Waals surface area contributed by atoms with Crippen molar-refractivity contribution in [3.8, 4) is 11.5 Å². The number of ketones is 1. The van der Waals surface area contributed by atoms with Gasteiger partial charge in [-0.05, 0) is 36.4 Å². The van der Waals surface area contributed by atoms with E-state index in [0.717, 1.165) is 12.1 Å². The summed E-state index contributed by atoms with van der Waals surface area (Å²) >= 11 is 0. The Bertz CT molecular complexity index is 687. The van der Waals surface area contributed by atoms with Crippen LogP contribution in [-0.2, 0) is 4.74 Å². The molecular formula is C17H15FO5. The molecule has 0 bridgehead atoms. The first-order valence-corrected chi connectivity index (χ1v) is 6.73. The first-order valence-electron chi connectivity index (χ1n) is 6.73. The van der Waals surface area contributed by atoms with Gasteiger partial charge < -0.3 is 14.2 Å². The average molecular weight is 318 g/mol. The maximum atomic E-state index is 12.8. The van der Waals surface area contributed by atoms with E-state index in [-0.39, 0.29) is 22.6 Å². The van der Waals surface area contributed by atoms with Crippen molar-refractivity contribution < 1.29 is 28.2 Å². The summed E-state index contributed by atoms with van der Waals surface area (Å²) in [6, 6.07) is 9.82. The predicted molar refractivity (Wildman–Crippen MR) is 80.6 cm³/mol. The lowest BCUT2D eigenvalue weighted by Gasteiger charge is -2.12. The van der Waals surface area contributed by atoms with E-state index in [1.807, 2.05) is 0 Å². The number of hydrogen-bond donors (Lipinski definition) is 0. The van der Waals surface area contributed by atoms with Crippen molar-refractivity contribution in [2.24, 2.45) is 0 Å². The monoisotopic (exact) mass is 318 g/mol. The van der Waals surface area contributed by atoms with Crippen LogP contribution in [0.2, 0.25) is 0 Å². The Morgan fingerprint density at radius 3 is 2.04 bits per heavy atom. The molecule has 23 heavy (non-hydrogen) atoms. The zero-order chi connectivity index (χ0) is 16.8. The van der Waals surface area contributed by atoms with Gasteiger partial charge in [0.25, 0.3) is 0 Å². The van der Waals surface area contributed by atoms with E-state index in [9.17, 15) is 14.0 Å². The fourth-order valence-corrected chi connectivity index (χ4v) is 1.97. The minimum absolute atomic E-state index is 0.101. The minimum Gasteiger partial charge on any atom is -0.496 e. The van der Waals surface area contributed by atoms with Crippen LogP contribution in [0.4, 0.5) is 4.39 Å². The first-order chi connectivity index (χ1) is 11.1. The molecule has 2 aromatic rings. The molecule has 0 aliphatic rings. The highest BCUT2D eigenvalue weighted by Crippen LogP contribution is 2.28. The number of halogens is 1. The highest BCUT2D eigenvalue weighted by atomic mass is 19.1. The number of Topliss-reactive ketones (excluding diaryl/α,β-unsaturated/α-hetero) is 1. The molecule has 0 saturated heterocycles. The van der Waals surface area contributed by atoms with E-state index in [1.54, 1.807) is 18.2 Å². The summed E-state index contributed by atoms with van der Waals surface area (Å²) in [4.78, 5) is 24.1. The minimum atomic E-state index is -0.741. The van der Waals surface area contributed by atoms with Crippen LogP contribution in [0.15, 0.2) is 42.5 Å². The highest BCUT2D eigenvalue weighted by molar-refractivity contribution is 6.00. The number of carbonyl (C=O) groups is 2. The molecule has 0 atom stereocenters. The van der Waals surface area contributed by atoms with Gasteiger partial charge in [-0.2, -0.15) is 0 Å². The highest BCUT2D eigenvalue weighted by Gasteiger charge is 2.20. The maximum absolute atomic E-state index is 12.8. The van der Waals surface area contributed by atoms with E-state index < -0.39 is 24.2 Å². The van der Waals surface area contributed by atoms with Gasteiger partial charge in [0, 0.05) is 5.56 Å². The molecule has 0 radical (unpaired) electrons. The number of benzene rings is 2. The Hall–Kier alpha value is -2.89. The lowest BCUT2D eigenvalue weighted by Crippen LogP contribution is -2.15. The Morgan fingerprint density at radius 2 is 1.52 bits per heavy atom. The number of carbonyl (C=O) groups excluding carboxylic acids is 2. The molecule has 2 aromatic carbocycles. The second kappa shape index (κ2) is 7.40. The summed E-state index contributed by atoms with van der Waals surface area (Å²) in [7, 11) is 2.82. The summed E-state index contributed by atoms with van der Waals surface area (Å²) in [6.45, 7) is -0.467. The van der Waals surface area contributed by atoms with E-state index >= 15 is 0 Å². The Balaban J connectivity index is 2.11. The summed E-state index contributed by atoms with van der Waals surface area (Å²) < 4.78 is 28.1. The average Bonchev–Trinajstić information content (AvgIpc) is 2.59. The molecule has 0 unspecified atom stereocenters. The number of esters is 1.